The summed E-state index contributed by atoms with van der Waals surface area (Å²) in [4.78, 5) is 0.392. The van der Waals surface area contributed by atoms with Crippen LogP contribution in [0.15, 0.2) is 29.2 Å². The molecule has 2 nitrogen and oxygen atoms in total. The van der Waals surface area contributed by atoms with Crippen molar-refractivity contribution >= 4 is 9.84 Å². The third-order valence-electron chi connectivity index (χ3n) is 2.32. The fraction of sp³-hybridized carbons (Fsp3) is 0.417. The fourth-order valence-electron chi connectivity index (χ4n) is 1.41. The lowest BCUT2D eigenvalue weighted by molar-refractivity contribution is 0.602. The number of benzene rings is 1. The lowest BCUT2D eigenvalue weighted by atomic mass is 10.1. The zero-order valence-electron chi connectivity index (χ0n) is 9.07. The van der Waals surface area contributed by atoms with E-state index in [2.05, 4.69) is 6.92 Å². The highest BCUT2D eigenvalue weighted by atomic mass is 32.2. The van der Waals surface area contributed by atoms with Gasteiger partial charge in [-0.05, 0) is 30.5 Å². The van der Waals surface area contributed by atoms with Crippen LogP contribution in [0.25, 0.3) is 0 Å². The average molecular weight is 225 g/mol. The highest BCUT2D eigenvalue weighted by molar-refractivity contribution is 7.90. The summed E-state index contributed by atoms with van der Waals surface area (Å²) >= 11 is 0. The molecule has 0 aliphatic rings. The Morgan fingerprint density at radius 1 is 1.13 bits per heavy atom. The number of hydrogen-bond donors (Lipinski definition) is 0. The van der Waals surface area contributed by atoms with Crippen molar-refractivity contribution in [1.29, 1.82) is 0 Å². The Morgan fingerprint density at radius 3 is 2.20 bits per heavy atom. The third kappa shape index (κ3) is 4.04. The lowest BCUT2D eigenvalue weighted by Crippen LogP contribution is -1.97. The van der Waals surface area contributed by atoms with Gasteiger partial charge in [0, 0.05) is 6.26 Å². The highest BCUT2D eigenvalue weighted by Crippen LogP contribution is 2.12. The summed E-state index contributed by atoms with van der Waals surface area (Å²) in [5.41, 5.74) is 1.19. The Hall–Kier alpha value is -0.830. The van der Waals surface area contributed by atoms with Crippen LogP contribution in [0.4, 0.5) is 0 Å². The Kier molecular flexibility index (Phi) is 4.33. The van der Waals surface area contributed by atoms with Crippen molar-refractivity contribution in [3.05, 3.63) is 36.8 Å². The van der Waals surface area contributed by atoms with Crippen LogP contribution in [0, 0.1) is 6.92 Å². The van der Waals surface area contributed by atoms with E-state index in [1.165, 1.54) is 11.8 Å². The van der Waals surface area contributed by atoms with Crippen LogP contribution < -0.4 is 0 Å². The first-order valence-corrected chi connectivity index (χ1v) is 7.01. The van der Waals surface area contributed by atoms with Crippen LogP contribution in [0.2, 0.25) is 0 Å². The van der Waals surface area contributed by atoms with Crippen molar-refractivity contribution in [3.63, 3.8) is 0 Å². The van der Waals surface area contributed by atoms with Gasteiger partial charge in [-0.25, -0.2) is 8.42 Å². The van der Waals surface area contributed by atoms with Gasteiger partial charge in [-0.15, -0.1) is 0 Å². The molecule has 1 aromatic carbocycles. The lowest BCUT2D eigenvalue weighted by Gasteiger charge is -2.02. The highest BCUT2D eigenvalue weighted by Gasteiger charge is 2.05. The largest absolute Gasteiger partial charge is 0.224 e. The smallest absolute Gasteiger partial charge is 0.175 e. The van der Waals surface area contributed by atoms with Crippen molar-refractivity contribution in [3.8, 4) is 0 Å². The zero-order valence-corrected chi connectivity index (χ0v) is 9.89. The number of rotatable bonds is 5. The Morgan fingerprint density at radius 2 is 1.73 bits per heavy atom. The second kappa shape index (κ2) is 5.31. The summed E-state index contributed by atoms with van der Waals surface area (Å²) in [6.07, 6.45) is 5.42. The molecule has 0 bridgehead atoms. The molecule has 0 unspecified atom stereocenters. The predicted molar refractivity (Wildman–Crippen MR) is 62.5 cm³/mol. The second-order valence-corrected chi connectivity index (χ2v) is 5.74. The molecule has 0 aliphatic heterocycles. The van der Waals surface area contributed by atoms with Gasteiger partial charge in [-0.2, -0.15) is 0 Å². The molecule has 1 aromatic rings. The normalized spacial score (nSPS) is 11.6. The first-order valence-electron chi connectivity index (χ1n) is 5.12. The van der Waals surface area contributed by atoms with Gasteiger partial charge in [0.15, 0.2) is 9.84 Å². The van der Waals surface area contributed by atoms with E-state index in [1.807, 2.05) is 12.1 Å². The molecule has 0 spiro atoms. The summed E-state index contributed by atoms with van der Waals surface area (Å²) in [7, 11) is -3.05. The van der Waals surface area contributed by atoms with E-state index in [0.717, 1.165) is 25.7 Å². The third-order valence-corrected chi connectivity index (χ3v) is 3.45. The average Bonchev–Trinajstić information content (AvgIpc) is 2.18. The van der Waals surface area contributed by atoms with E-state index in [4.69, 9.17) is 0 Å². The minimum atomic E-state index is -3.05. The molecule has 0 saturated heterocycles. The van der Waals surface area contributed by atoms with Gasteiger partial charge < -0.3 is 0 Å². The molecule has 15 heavy (non-hydrogen) atoms. The van der Waals surface area contributed by atoms with Gasteiger partial charge in [-0.1, -0.05) is 31.9 Å². The molecule has 1 rings (SSSR count). The molecule has 3 heteroatoms. The van der Waals surface area contributed by atoms with Gasteiger partial charge in [0.05, 0.1) is 4.90 Å². The van der Waals surface area contributed by atoms with E-state index >= 15 is 0 Å². The summed E-state index contributed by atoms with van der Waals surface area (Å²) in [5, 5.41) is 0. The van der Waals surface area contributed by atoms with Crippen molar-refractivity contribution in [2.75, 3.05) is 6.26 Å². The maximum Gasteiger partial charge on any atom is 0.175 e. The number of hydrogen-bond acceptors (Lipinski definition) is 2. The maximum atomic E-state index is 11.2. The van der Waals surface area contributed by atoms with Gasteiger partial charge in [-0.3, -0.25) is 0 Å². The monoisotopic (exact) mass is 225 g/mol. The molecule has 83 valence electrons. The molecule has 1 radical (unpaired) electrons. The van der Waals surface area contributed by atoms with Crippen LogP contribution >= 0.6 is 0 Å². The Balaban J connectivity index is 2.65. The van der Waals surface area contributed by atoms with Crippen LogP contribution in [-0.4, -0.2) is 14.7 Å². The van der Waals surface area contributed by atoms with Gasteiger partial charge in [0.2, 0.25) is 0 Å². The van der Waals surface area contributed by atoms with E-state index in [1.54, 1.807) is 12.1 Å². The quantitative estimate of drug-likeness (QED) is 0.722. The summed E-state index contributed by atoms with van der Waals surface area (Å²) in [5.74, 6) is 0. The van der Waals surface area contributed by atoms with Gasteiger partial charge in [0.1, 0.15) is 0 Å². The second-order valence-electron chi connectivity index (χ2n) is 3.73. The SMILES string of the molecule is [CH2]CCCCc1ccc(S(C)(=O)=O)cc1. The molecule has 0 fully saturated rings. The minimum absolute atomic E-state index is 0.392. The summed E-state index contributed by atoms with van der Waals surface area (Å²) in [6.45, 7) is 3.78. The predicted octanol–water partition coefficient (Wildman–Crippen LogP) is 2.64. The number of unbranched alkanes of at least 4 members (excludes halogenated alkanes) is 2. The summed E-state index contributed by atoms with van der Waals surface area (Å²) in [6, 6.07) is 7.13. The van der Waals surface area contributed by atoms with Crippen molar-refractivity contribution in [2.45, 2.75) is 30.6 Å². The van der Waals surface area contributed by atoms with Crippen molar-refractivity contribution in [1.82, 2.24) is 0 Å². The Bertz CT molecular complexity index is 390. The Labute approximate surface area is 92.2 Å². The van der Waals surface area contributed by atoms with Gasteiger partial charge in [0.25, 0.3) is 0 Å². The fourth-order valence-corrected chi connectivity index (χ4v) is 2.04. The van der Waals surface area contributed by atoms with Crippen molar-refractivity contribution in [2.24, 2.45) is 0 Å². The van der Waals surface area contributed by atoms with Crippen LogP contribution in [0.3, 0.4) is 0 Å². The van der Waals surface area contributed by atoms with E-state index < -0.39 is 9.84 Å². The minimum Gasteiger partial charge on any atom is -0.224 e. The summed E-state index contributed by atoms with van der Waals surface area (Å²) < 4.78 is 22.4. The molecular formula is C12H17O2S. The van der Waals surface area contributed by atoms with E-state index in [-0.39, 0.29) is 0 Å². The van der Waals surface area contributed by atoms with E-state index in [9.17, 15) is 8.42 Å². The first kappa shape index (κ1) is 12.2. The number of sulfone groups is 1. The zero-order chi connectivity index (χ0) is 11.3. The molecular weight excluding hydrogens is 208 g/mol. The molecule has 0 N–H and O–H groups in total. The molecule has 0 heterocycles. The molecule has 0 amide bonds. The maximum absolute atomic E-state index is 11.2. The number of aryl methyl sites for hydroxylation is 1. The van der Waals surface area contributed by atoms with Crippen LogP contribution in [-0.2, 0) is 16.3 Å². The van der Waals surface area contributed by atoms with E-state index in [0.29, 0.717) is 4.90 Å². The first-order chi connectivity index (χ1) is 7.04. The topological polar surface area (TPSA) is 34.1 Å². The molecule has 0 aromatic heterocycles. The molecule has 0 saturated carbocycles. The van der Waals surface area contributed by atoms with Crippen LogP contribution in [0.5, 0.6) is 0 Å². The van der Waals surface area contributed by atoms with Crippen LogP contribution in [0.1, 0.15) is 24.8 Å². The molecule has 0 aliphatic carbocycles. The van der Waals surface area contributed by atoms with Crippen molar-refractivity contribution < 1.29 is 8.42 Å². The molecule has 0 atom stereocenters. The standard InChI is InChI=1S/C12H17O2S/c1-3-4-5-6-11-7-9-12(10-8-11)15(2,13)14/h7-10H,1,3-6H2,2H3. The van der Waals surface area contributed by atoms with Gasteiger partial charge >= 0.3 is 0 Å².